The van der Waals surface area contributed by atoms with Crippen molar-refractivity contribution >= 4 is 12.0 Å². The van der Waals surface area contributed by atoms with E-state index in [2.05, 4.69) is 18.5 Å². The first-order valence-electron chi connectivity index (χ1n) is 5.06. The van der Waals surface area contributed by atoms with Gasteiger partial charge >= 0.3 is 12.0 Å². The summed E-state index contributed by atoms with van der Waals surface area (Å²) >= 11 is 0. The number of hydrogen-bond donors (Lipinski definition) is 2. The van der Waals surface area contributed by atoms with E-state index in [1.54, 1.807) is 6.08 Å². The van der Waals surface area contributed by atoms with E-state index in [1.165, 1.54) is 11.0 Å². The fourth-order valence-electron chi connectivity index (χ4n) is 1.14. The van der Waals surface area contributed by atoms with Crippen LogP contribution in [-0.4, -0.2) is 41.1 Å². The molecule has 5 heteroatoms. The summed E-state index contributed by atoms with van der Waals surface area (Å²) in [6, 6.07) is -1.33. The molecule has 0 radical (unpaired) electrons. The van der Waals surface area contributed by atoms with Crippen LogP contribution < -0.4 is 5.32 Å². The van der Waals surface area contributed by atoms with Gasteiger partial charge in [-0.1, -0.05) is 12.2 Å². The maximum Gasteiger partial charge on any atom is 0.326 e. The zero-order valence-electron chi connectivity index (χ0n) is 9.48. The average Bonchev–Trinajstić information content (AvgIpc) is 2.24. The molecule has 0 saturated heterocycles. The summed E-state index contributed by atoms with van der Waals surface area (Å²) in [4.78, 5) is 23.9. The highest BCUT2D eigenvalue weighted by Gasteiger charge is 2.20. The van der Waals surface area contributed by atoms with Gasteiger partial charge in [0.25, 0.3) is 0 Å². The molecular formula is C11H18N2O3. The van der Waals surface area contributed by atoms with Crippen LogP contribution in [0.15, 0.2) is 25.3 Å². The Morgan fingerprint density at radius 1 is 1.44 bits per heavy atom. The first-order chi connectivity index (χ1) is 7.56. The highest BCUT2D eigenvalue weighted by molar-refractivity contribution is 5.82. The summed E-state index contributed by atoms with van der Waals surface area (Å²) in [7, 11) is 0. The molecule has 0 saturated carbocycles. The summed E-state index contributed by atoms with van der Waals surface area (Å²) in [6.07, 6.45) is 3.25. The van der Waals surface area contributed by atoms with E-state index < -0.39 is 18.0 Å². The van der Waals surface area contributed by atoms with Gasteiger partial charge in [-0.2, -0.15) is 0 Å². The molecule has 2 N–H and O–H groups in total. The zero-order valence-corrected chi connectivity index (χ0v) is 9.48. The monoisotopic (exact) mass is 226 g/mol. The van der Waals surface area contributed by atoms with Gasteiger partial charge in [0, 0.05) is 13.1 Å². The lowest BCUT2D eigenvalue weighted by atomic mass is 10.2. The molecule has 90 valence electrons. The van der Waals surface area contributed by atoms with Crippen LogP contribution in [0.4, 0.5) is 4.79 Å². The Bertz CT molecular complexity index is 276. The molecule has 0 spiro atoms. The number of carbonyl (C=O) groups excluding carboxylic acids is 1. The fraction of sp³-hybridized carbons (Fsp3) is 0.455. The normalized spacial score (nSPS) is 11.3. The Morgan fingerprint density at radius 2 is 2.06 bits per heavy atom. The molecule has 0 aromatic carbocycles. The zero-order chi connectivity index (χ0) is 12.6. The summed E-state index contributed by atoms with van der Waals surface area (Å²) in [5, 5.41) is 11.3. The minimum atomic E-state index is -1.07. The summed E-state index contributed by atoms with van der Waals surface area (Å²) in [5.74, 6) is -1.07. The number of rotatable bonds is 7. The molecule has 0 fully saturated rings. The van der Waals surface area contributed by atoms with Crippen molar-refractivity contribution in [2.45, 2.75) is 19.4 Å². The summed E-state index contributed by atoms with van der Waals surface area (Å²) in [6.45, 7) is 9.68. The summed E-state index contributed by atoms with van der Waals surface area (Å²) in [5.41, 5.74) is 0. The first-order valence-corrected chi connectivity index (χ1v) is 5.06. The molecule has 0 aliphatic rings. The largest absolute Gasteiger partial charge is 0.480 e. The summed E-state index contributed by atoms with van der Waals surface area (Å²) < 4.78 is 0. The van der Waals surface area contributed by atoms with Crippen LogP contribution in [0.1, 0.15) is 13.3 Å². The van der Waals surface area contributed by atoms with Crippen molar-refractivity contribution in [3.8, 4) is 0 Å². The SMILES string of the molecule is C=CCC(NC(=O)N(CC)CC=C)C(=O)O. The van der Waals surface area contributed by atoms with Gasteiger partial charge in [-0.3, -0.25) is 0 Å². The maximum absolute atomic E-state index is 11.6. The second-order valence-corrected chi connectivity index (χ2v) is 3.19. The molecule has 0 aromatic heterocycles. The van der Waals surface area contributed by atoms with Crippen LogP contribution >= 0.6 is 0 Å². The van der Waals surface area contributed by atoms with Gasteiger partial charge in [0.15, 0.2) is 0 Å². The van der Waals surface area contributed by atoms with E-state index in [4.69, 9.17) is 5.11 Å². The molecule has 0 aliphatic heterocycles. The van der Waals surface area contributed by atoms with Crippen molar-refractivity contribution in [2.24, 2.45) is 0 Å². The van der Waals surface area contributed by atoms with Gasteiger partial charge in [-0.15, -0.1) is 13.2 Å². The van der Waals surface area contributed by atoms with Crippen LogP contribution in [0.3, 0.4) is 0 Å². The molecule has 0 rings (SSSR count). The predicted octanol–water partition coefficient (Wildman–Crippen LogP) is 1.23. The van der Waals surface area contributed by atoms with E-state index in [1.807, 2.05) is 6.92 Å². The molecule has 2 amide bonds. The second kappa shape index (κ2) is 7.50. The lowest BCUT2D eigenvalue weighted by molar-refractivity contribution is -0.139. The molecule has 0 heterocycles. The van der Waals surface area contributed by atoms with Crippen molar-refractivity contribution < 1.29 is 14.7 Å². The first kappa shape index (κ1) is 14.2. The molecule has 1 atom stereocenters. The van der Waals surface area contributed by atoms with Crippen molar-refractivity contribution in [1.82, 2.24) is 10.2 Å². The quantitative estimate of drug-likeness (QED) is 0.641. The maximum atomic E-state index is 11.6. The van der Waals surface area contributed by atoms with Gasteiger partial charge in [-0.25, -0.2) is 9.59 Å². The highest BCUT2D eigenvalue weighted by Crippen LogP contribution is 1.97. The fourth-order valence-corrected chi connectivity index (χ4v) is 1.14. The Morgan fingerprint density at radius 3 is 2.44 bits per heavy atom. The number of hydrogen-bond acceptors (Lipinski definition) is 2. The van der Waals surface area contributed by atoms with Gasteiger partial charge < -0.3 is 15.3 Å². The van der Waals surface area contributed by atoms with Crippen molar-refractivity contribution in [3.63, 3.8) is 0 Å². The lowest BCUT2D eigenvalue weighted by Gasteiger charge is -2.22. The molecule has 16 heavy (non-hydrogen) atoms. The number of aliphatic carboxylic acids is 1. The van der Waals surface area contributed by atoms with E-state index in [0.717, 1.165) is 0 Å². The van der Waals surface area contributed by atoms with Gasteiger partial charge in [0.05, 0.1) is 0 Å². The Balaban J connectivity index is 4.41. The molecule has 1 unspecified atom stereocenters. The van der Waals surface area contributed by atoms with Crippen LogP contribution in [0.5, 0.6) is 0 Å². The molecule has 0 bridgehead atoms. The minimum absolute atomic E-state index is 0.201. The van der Waals surface area contributed by atoms with Crippen molar-refractivity contribution in [3.05, 3.63) is 25.3 Å². The molecular weight excluding hydrogens is 208 g/mol. The van der Waals surface area contributed by atoms with Gasteiger partial charge in [0.1, 0.15) is 6.04 Å². The number of carboxylic acids is 1. The van der Waals surface area contributed by atoms with Crippen molar-refractivity contribution in [1.29, 1.82) is 0 Å². The number of urea groups is 1. The smallest absolute Gasteiger partial charge is 0.326 e. The van der Waals surface area contributed by atoms with E-state index in [0.29, 0.717) is 13.1 Å². The van der Waals surface area contributed by atoms with E-state index in [-0.39, 0.29) is 6.42 Å². The topological polar surface area (TPSA) is 69.6 Å². The van der Waals surface area contributed by atoms with Crippen LogP contribution in [0, 0.1) is 0 Å². The van der Waals surface area contributed by atoms with Gasteiger partial charge in [-0.05, 0) is 13.3 Å². The number of likely N-dealkylation sites (N-methyl/N-ethyl adjacent to an activating group) is 1. The van der Waals surface area contributed by atoms with E-state index in [9.17, 15) is 9.59 Å². The molecule has 0 aliphatic carbocycles. The number of nitrogens with one attached hydrogen (secondary N) is 1. The molecule has 5 nitrogen and oxygen atoms in total. The third-order valence-corrected chi connectivity index (χ3v) is 2.02. The third kappa shape index (κ3) is 4.63. The Kier molecular flexibility index (Phi) is 6.67. The predicted molar refractivity (Wildman–Crippen MR) is 62.2 cm³/mol. The van der Waals surface area contributed by atoms with Crippen LogP contribution in [-0.2, 0) is 4.79 Å². The molecule has 0 aromatic rings. The lowest BCUT2D eigenvalue weighted by Crippen LogP contribution is -2.47. The number of amides is 2. The van der Waals surface area contributed by atoms with Crippen LogP contribution in [0.25, 0.3) is 0 Å². The van der Waals surface area contributed by atoms with E-state index >= 15 is 0 Å². The number of nitrogens with zero attached hydrogens (tertiary/aromatic N) is 1. The number of carbonyl (C=O) groups is 2. The number of carboxylic acid groups (broad SMARTS) is 1. The van der Waals surface area contributed by atoms with Crippen LogP contribution in [0.2, 0.25) is 0 Å². The average molecular weight is 226 g/mol. The second-order valence-electron chi connectivity index (χ2n) is 3.19. The van der Waals surface area contributed by atoms with Crippen molar-refractivity contribution in [2.75, 3.05) is 13.1 Å². The minimum Gasteiger partial charge on any atom is -0.480 e. The standard InChI is InChI=1S/C11H18N2O3/c1-4-7-9(10(14)15)12-11(16)13(6-3)8-5-2/h4-5,9H,1-2,6-8H2,3H3,(H,12,16)(H,14,15). The Labute approximate surface area is 95.4 Å². The Hall–Kier alpha value is -1.78. The van der Waals surface area contributed by atoms with Gasteiger partial charge in [0.2, 0.25) is 0 Å². The highest BCUT2D eigenvalue weighted by atomic mass is 16.4. The third-order valence-electron chi connectivity index (χ3n) is 2.02.